The Hall–Kier alpha value is -3.20. The molecule has 1 fully saturated rings. The summed E-state index contributed by atoms with van der Waals surface area (Å²) in [4.78, 5) is 21.2. The van der Waals surface area contributed by atoms with Crippen molar-refractivity contribution in [1.82, 2.24) is 5.32 Å². The van der Waals surface area contributed by atoms with E-state index in [1.807, 2.05) is 13.8 Å². The molecule has 0 bridgehead atoms. The van der Waals surface area contributed by atoms with Crippen molar-refractivity contribution in [3.05, 3.63) is 81.9 Å². The second-order valence-electron chi connectivity index (χ2n) is 9.46. The molecule has 1 aliphatic heterocycles. The molecule has 1 heterocycles. The number of alkyl halides is 3. The molecule has 0 aromatic heterocycles. The van der Waals surface area contributed by atoms with Gasteiger partial charge in [0.05, 0.1) is 11.1 Å². The fraction of sp³-hybridized carbons (Fsp3) is 0.346. The van der Waals surface area contributed by atoms with Crippen LogP contribution in [-0.4, -0.2) is 40.4 Å². The Bertz CT molecular complexity index is 1310. The molecular weight excluding hydrogens is 570 g/mol. The van der Waals surface area contributed by atoms with Gasteiger partial charge in [-0.2, -0.15) is 18.4 Å². The predicted octanol–water partition coefficient (Wildman–Crippen LogP) is 6.48. The van der Waals surface area contributed by atoms with Crippen molar-refractivity contribution in [3.8, 4) is 6.07 Å². The topological polar surface area (TPSA) is 110 Å². The van der Waals surface area contributed by atoms with E-state index in [2.05, 4.69) is 18.0 Å². The molecule has 4 unspecified atom stereocenters. The van der Waals surface area contributed by atoms with Crippen LogP contribution in [0.4, 0.5) is 22.0 Å². The Morgan fingerprint density at radius 2 is 1.77 bits per heavy atom. The van der Waals surface area contributed by atoms with Crippen LogP contribution in [0.15, 0.2) is 49.1 Å². The molecule has 1 aliphatic rings. The first-order chi connectivity index (χ1) is 17.9. The maximum Gasteiger partial charge on any atom is 0.490 e. The molecule has 0 radical (unpaired) electrons. The van der Waals surface area contributed by atoms with E-state index in [0.717, 1.165) is 6.07 Å². The molecule has 0 saturated carbocycles. The van der Waals surface area contributed by atoms with E-state index in [0.29, 0.717) is 0 Å². The van der Waals surface area contributed by atoms with Gasteiger partial charge in [-0.15, -0.1) is 6.58 Å². The summed E-state index contributed by atoms with van der Waals surface area (Å²) < 4.78 is 62.2. The number of rotatable bonds is 6. The number of carboxylic acids is 2. The van der Waals surface area contributed by atoms with E-state index in [4.69, 9.17) is 33.1 Å². The highest BCUT2D eigenvalue weighted by molar-refractivity contribution is 6.31. The lowest BCUT2D eigenvalue weighted by Crippen LogP contribution is -2.45. The number of hydrogen-bond donors (Lipinski definition) is 3. The standard InChI is InChI=1S/C24H22Cl2F2N2O2.C2HF3O2/c1-4-23(2,3)11-18-24(12-29,15-9-8-13(25)10-17(15)27)19(21(30-18)22(31)32)14-6-5-7-16(26)20(14)28;3-2(4,5)1(6)7/h4-10,18-19,21,30H,1,11H2,2-3H3,(H,31,32);(H,6,7). The predicted molar refractivity (Wildman–Crippen MR) is 133 cm³/mol. The van der Waals surface area contributed by atoms with Crippen LogP contribution in [0.1, 0.15) is 37.3 Å². The molecule has 4 atom stereocenters. The summed E-state index contributed by atoms with van der Waals surface area (Å²) in [6.45, 7) is 7.54. The first-order valence-corrected chi connectivity index (χ1v) is 11.9. The summed E-state index contributed by atoms with van der Waals surface area (Å²) in [5, 5.41) is 30.5. The van der Waals surface area contributed by atoms with Gasteiger partial charge in [0.1, 0.15) is 23.1 Å². The van der Waals surface area contributed by atoms with Crippen molar-refractivity contribution in [2.45, 2.75) is 49.9 Å². The largest absolute Gasteiger partial charge is 0.490 e. The molecule has 13 heteroatoms. The van der Waals surface area contributed by atoms with Gasteiger partial charge in [0.2, 0.25) is 0 Å². The van der Waals surface area contributed by atoms with Crippen molar-refractivity contribution in [1.29, 1.82) is 5.26 Å². The average Bonchev–Trinajstić information content (AvgIpc) is 3.14. The molecule has 0 spiro atoms. The van der Waals surface area contributed by atoms with Crippen LogP contribution in [-0.2, 0) is 15.0 Å². The Kier molecular flexibility index (Phi) is 9.77. The van der Waals surface area contributed by atoms with Gasteiger partial charge in [-0.3, -0.25) is 10.1 Å². The van der Waals surface area contributed by atoms with E-state index >= 15 is 8.78 Å². The lowest BCUT2D eigenvalue weighted by Gasteiger charge is -2.37. The molecule has 210 valence electrons. The Morgan fingerprint density at radius 1 is 1.18 bits per heavy atom. The fourth-order valence-electron chi connectivity index (χ4n) is 4.54. The molecule has 0 aliphatic carbocycles. The lowest BCUT2D eigenvalue weighted by atomic mass is 9.62. The van der Waals surface area contributed by atoms with E-state index in [1.165, 1.54) is 30.3 Å². The van der Waals surface area contributed by atoms with E-state index in [9.17, 15) is 28.3 Å². The molecule has 0 amide bonds. The molecule has 6 nitrogen and oxygen atoms in total. The zero-order valence-electron chi connectivity index (χ0n) is 20.5. The maximum atomic E-state index is 15.3. The van der Waals surface area contributed by atoms with Crippen molar-refractivity contribution in [3.63, 3.8) is 0 Å². The number of nitrogens with one attached hydrogen (secondary N) is 1. The van der Waals surface area contributed by atoms with Gasteiger partial charge in [-0.25, -0.2) is 13.6 Å². The minimum absolute atomic E-state index is 0.0603. The number of allylic oxidation sites excluding steroid dienone is 1. The van der Waals surface area contributed by atoms with Gasteiger partial charge >= 0.3 is 18.1 Å². The van der Waals surface area contributed by atoms with Gasteiger partial charge in [-0.1, -0.05) is 61.3 Å². The van der Waals surface area contributed by atoms with Crippen molar-refractivity contribution in [2.75, 3.05) is 0 Å². The summed E-state index contributed by atoms with van der Waals surface area (Å²) in [5.74, 6) is -6.94. The third kappa shape index (κ3) is 6.69. The Balaban J connectivity index is 0.000000673. The van der Waals surface area contributed by atoms with Crippen LogP contribution in [0, 0.1) is 28.4 Å². The fourth-order valence-corrected chi connectivity index (χ4v) is 4.88. The van der Waals surface area contributed by atoms with E-state index in [-0.39, 0.29) is 27.6 Å². The highest BCUT2D eigenvalue weighted by Gasteiger charge is 2.61. The summed E-state index contributed by atoms with van der Waals surface area (Å²) in [6.07, 6.45) is -3.16. The van der Waals surface area contributed by atoms with E-state index in [1.54, 1.807) is 6.08 Å². The molecule has 3 rings (SSSR count). The minimum Gasteiger partial charge on any atom is -0.480 e. The highest BCUT2D eigenvalue weighted by Crippen LogP contribution is 2.52. The molecule has 1 saturated heterocycles. The van der Waals surface area contributed by atoms with Gasteiger partial charge in [-0.05, 0) is 35.6 Å². The highest BCUT2D eigenvalue weighted by atomic mass is 35.5. The van der Waals surface area contributed by atoms with Gasteiger partial charge in [0, 0.05) is 22.5 Å². The summed E-state index contributed by atoms with van der Waals surface area (Å²) in [5.41, 5.74) is -2.45. The first kappa shape index (κ1) is 32.0. The van der Waals surface area contributed by atoms with Crippen molar-refractivity contribution >= 4 is 35.1 Å². The van der Waals surface area contributed by atoms with Gasteiger partial charge in [0.25, 0.3) is 0 Å². The average molecular weight is 593 g/mol. The van der Waals surface area contributed by atoms with Gasteiger partial charge < -0.3 is 10.2 Å². The maximum absolute atomic E-state index is 15.3. The molecular formula is C26H23Cl2F5N2O4. The SMILES string of the molecule is C=CC(C)(C)CC1NC(C(=O)O)C(c2cccc(Cl)c2F)C1(C#N)c1ccc(Cl)cc1F.O=C(O)C(F)(F)F. The normalized spacial score (nSPS) is 22.8. The monoisotopic (exact) mass is 592 g/mol. The van der Waals surface area contributed by atoms with Crippen molar-refractivity contribution < 1.29 is 41.8 Å². The third-order valence-corrected chi connectivity index (χ3v) is 6.95. The number of nitrogens with zero attached hydrogens (tertiary/aromatic N) is 1. The number of nitriles is 1. The number of halogens is 7. The number of hydrogen-bond acceptors (Lipinski definition) is 4. The lowest BCUT2D eigenvalue weighted by molar-refractivity contribution is -0.192. The number of aliphatic carboxylic acids is 2. The molecule has 3 N–H and O–H groups in total. The smallest absolute Gasteiger partial charge is 0.480 e. The summed E-state index contributed by atoms with van der Waals surface area (Å²) in [6, 6.07) is 7.98. The number of benzene rings is 2. The summed E-state index contributed by atoms with van der Waals surface area (Å²) in [7, 11) is 0. The second kappa shape index (κ2) is 11.9. The first-order valence-electron chi connectivity index (χ1n) is 11.2. The zero-order valence-corrected chi connectivity index (χ0v) is 22.0. The number of carboxylic acid groups (broad SMARTS) is 2. The second-order valence-corrected chi connectivity index (χ2v) is 10.3. The Morgan fingerprint density at radius 3 is 2.23 bits per heavy atom. The molecule has 39 heavy (non-hydrogen) atoms. The molecule has 2 aromatic rings. The summed E-state index contributed by atoms with van der Waals surface area (Å²) >= 11 is 11.9. The van der Waals surface area contributed by atoms with E-state index < -0.39 is 58.6 Å². The number of carbonyl (C=O) groups is 2. The van der Waals surface area contributed by atoms with Gasteiger partial charge in [0.15, 0.2) is 0 Å². The third-order valence-electron chi connectivity index (χ3n) is 6.42. The molecule has 2 aromatic carbocycles. The minimum atomic E-state index is -5.08. The van der Waals surface area contributed by atoms with Crippen LogP contribution in [0.3, 0.4) is 0 Å². The quantitative estimate of drug-likeness (QED) is 0.262. The zero-order chi connectivity index (χ0) is 29.9. The van der Waals surface area contributed by atoms with Crippen LogP contribution in [0.5, 0.6) is 0 Å². The van der Waals surface area contributed by atoms with Crippen LogP contribution >= 0.6 is 23.2 Å². The van der Waals surface area contributed by atoms with Crippen LogP contribution < -0.4 is 5.32 Å². The van der Waals surface area contributed by atoms with Crippen LogP contribution in [0.25, 0.3) is 0 Å². The Labute approximate surface area is 230 Å². The van der Waals surface area contributed by atoms with Crippen molar-refractivity contribution in [2.24, 2.45) is 5.41 Å². The van der Waals surface area contributed by atoms with Crippen LogP contribution in [0.2, 0.25) is 10.0 Å².